The highest BCUT2D eigenvalue weighted by molar-refractivity contribution is 7.92. The molecule has 6 nitrogen and oxygen atoms in total. The van der Waals surface area contributed by atoms with Gasteiger partial charge >= 0.3 is 5.97 Å². The lowest BCUT2D eigenvalue weighted by Gasteiger charge is -2.11. The van der Waals surface area contributed by atoms with Gasteiger partial charge in [0.1, 0.15) is 10.7 Å². The first-order chi connectivity index (χ1) is 9.94. The van der Waals surface area contributed by atoms with Gasteiger partial charge in [-0.25, -0.2) is 17.6 Å². The number of carbonyl (C=O) groups is 1. The minimum atomic E-state index is -4.06. The number of sulfonamides is 1. The zero-order valence-electron chi connectivity index (χ0n) is 10.9. The van der Waals surface area contributed by atoms with Crippen molar-refractivity contribution in [2.24, 2.45) is 0 Å². The van der Waals surface area contributed by atoms with E-state index in [1.807, 2.05) is 0 Å². The second-order valence-corrected chi connectivity index (χ2v) is 5.66. The van der Waals surface area contributed by atoms with Crippen LogP contribution in [0.1, 0.15) is 10.4 Å². The van der Waals surface area contributed by atoms with E-state index in [2.05, 4.69) is 14.4 Å². The van der Waals surface area contributed by atoms with Crippen LogP contribution in [-0.2, 0) is 14.8 Å². The predicted octanol–water partition coefficient (Wildman–Crippen LogP) is 1.81. The van der Waals surface area contributed by atoms with Crippen LogP contribution in [0.25, 0.3) is 0 Å². The molecule has 0 aliphatic carbocycles. The lowest BCUT2D eigenvalue weighted by Crippen LogP contribution is -2.16. The standard InChI is InChI=1S/C13H11FN2O4S/c1-20-13(17)11-4-2-3-5-12(11)16-21(18,19)10-6-9(14)7-15-8-10/h2-8,16H,1H3. The fourth-order valence-corrected chi connectivity index (χ4v) is 2.66. The summed E-state index contributed by atoms with van der Waals surface area (Å²) in [4.78, 5) is 14.7. The van der Waals surface area contributed by atoms with Crippen molar-refractivity contribution >= 4 is 21.7 Å². The normalized spacial score (nSPS) is 11.0. The first-order valence-electron chi connectivity index (χ1n) is 5.75. The fraction of sp³-hybridized carbons (Fsp3) is 0.0769. The molecule has 1 aromatic heterocycles. The van der Waals surface area contributed by atoms with Crippen molar-refractivity contribution in [3.8, 4) is 0 Å². The average molecular weight is 310 g/mol. The number of nitrogens with one attached hydrogen (secondary N) is 1. The summed E-state index contributed by atoms with van der Waals surface area (Å²) in [5, 5.41) is 0. The Kier molecular flexibility index (Phi) is 4.18. The Morgan fingerprint density at radius 1 is 1.29 bits per heavy atom. The topological polar surface area (TPSA) is 85.4 Å². The number of benzene rings is 1. The Morgan fingerprint density at radius 2 is 2.00 bits per heavy atom. The van der Waals surface area contributed by atoms with E-state index in [1.54, 1.807) is 12.1 Å². The van der Waals surface area contributed by atoms with Crippen molar-refractivity contribution in [1.82, 2.24) is 4.98 Å². The first kappa shape index (κ1) is 14.9. The Bertz CT molecular complexity index is 777. The zero-order valence-corrected chi connectivity index (χ0v) is 11.7. The van der Waals surface area contributed by atoms with Gasteiger partial charge in [0.05, 0.1) is 24.6 Å². The van der Waals surface area contributed by atoms with Crippen LogP contribution in [0.4, 0.5) is 10.1 Å². The Morgan fingerprint density at radius 3 is 2.67 bits per heavy atom. The molecule has 2 aromatic rings. The molecule has 1 heterocycles. The maximum absolute atomic E-state index is 13.1. The predicted molar refractivity (Wildman–Crippen MR) is 72.8 cm³/mol. The van der Waals surface area contributed by atoms with Crippen LogP contribution >= 0.6 is 0 Å². The molecule has 0 bridgehead atoms. The minimum absolute atomic E-state index is 0.0358. The fourth-order valence-electron chi connectivity index (χ4n) is 1.60. The second-order valence-electron chi connectivity index (χ2n) is 3.98. The van der Waals surface area contributed by atoms with E-state index < -0.39 is 21.8 Å². The van der Waals surface area contributed by atoms with Crippen molar-refractivity contribution in [3.63, 3.8) is 0 Å². The summed E-state index contributed by atoms with van der Waals surface area (Å²) in [7, 11) is -2.88. The molecule has 0 aliphatic heterocycles. The van der Waals surface area contributed by atoms with Gasteiger partial charge in [-0.2, -0.15) is 0 Å². The highest BCUT2D eigenvalue weighted by Gasteiger charge is 2.19. The second kappa shape index (κ2) is 5.88. The smallest absolute Gasteiger partial charge is 0.339 e. The van der Waals surface area contributed by atoms with Gasteiger partial charge in [-0.05, 0) is 18.2 Å². The number of halogens is 1. The van der Waals surface area contributed by atoms with Gasteiger partial charge in [0, 0.05) is 6.20 Å². The maximum Gasteiger partial charge on any atom is 0.339 e. The molecular weight excluding hydrogens is 299 g/mol. The molecule has 8 heteroatoms. The molecule has 0 spiro atoms. The van der Waals surface area contributed by atoms with Crippen LogP contribution in [0.2, 0.25) is 0 Å². The van der Waals surface area contributed by atoms with Crippen molar-refractivity contribution < 1.29 is 22.3 Å². The Hall–Kier alpha value is -2.48. The quantitative estimate of drug-likeness (QED) is 0.870. The third-order valence-corrected chi connectivity index (χ3v) is 3.90. The zero-order chi connectivity index (χ0) is 15.5. The SMILES string of the molecule is COC(=O)c1ccccc1NS(=O)(=O)c1cncc(F)c1. The molecule has 0 amide bonds. The molecule has 1 aromatic carbocycles. The van der Waals surface area contributed by atoms with E-state index in [4.69, 9.17) is 0 Å². The minimum Gasteiger partial charge on any atom is -0.465 e. The molecule has 0 saturated heterocycles. The molecule has 0 radical (unpaired) electrons. The average Bonchev–Trinajstić information content (AvgIpc) is 2.46. The maximum atomic E-state index is 13.1. The number of carbonyl (C=O) groups excluding carboxylic acids is 1. The van der Waals surface area contributed by atoms with Crippen LogP contribution in [0, 0.1) is 5.82 Å². The van der Waals surface area contributed by atoms with Crippen LogP contribution < -0.4 is 4.72 Å². The monoisotopic (exact) mass is 310 g/mol. The lowest BCUT2D eigenvalue weighted by molar-refractivity contribution is 0.0602. The summed E-state index contributed by atoms with van der Waals surface area (Å²) < 4.78 is 44.1. The third-order valence-electron chi connectivity index (χ3n) is 2.57. The van der Waals surface area contributed by atoms with Crippen molar-refractivity contribution in [2.75, 3.05) is 11.8 Å². The van der Waals surface area contributed by atoms with E-state index in [-0.39, 0.29) is 16.1 Å². The summed E-state index contributed by atoms with van der Waals surface area (Å²) in [5.41, 5.74) is 0.0848. The largest absolute Gasteiger partial charge is 0.465 e. The number of rotatable bonds is 4. The van der Waals surface area contributed by atoms with E-state index in [1.165, 1.54) is 19.2 Å². The van der Waals surface area contributed by atoms with Gasteiger partial charge in [-0.15, -0.1) is 0 Å². The van der Waals surface area contributed by atoms with Crippen LogP contribution in [-0.4, -0.2) is 26.5 Å². The van der Waals surface area contributed by atoms with Gasteiger partial charge in [0.2, 0.25) is 0 Å². The summed E-state index contributed by atoms with van der Waals surface area (Å²) in [6, 6.07) is 6.75. The van der Waals surface area contributed by atoms with Crippen LogP contribution in [0.5, 0.6) is 0 Å². The van der Waals surface area contributed by atoms with Crippen LogP contribution in [0.3, 0.4) is 0 Å². The molecule has 0 fully saturated rings. The Balaban J connectivity index is 2.40. The number of esters is 1. The number of hydrogen-bond acceptors (Lipinski definition) is 5. The van der Waals surface area contributed by atoms with Gasteiger partial charge in [-0.1, -0.05) is 12.1 Å². The van der Waals surface area contributed by atoms with Gasteiger partial charge < -0.3 is 4.74 Å². The molecular formula is C13H11FN2O4S. The summed E-state index contributed by atoms with van der Waals surface area (Å²) in [6.07, 6.45) is 1.90. The number of anilines is 1. The molecule has 21 heavy (non-hydrogen) atoms. The molecule has 110 valence electrons. The first-order valence-corrected chi connectivity index (χ1v) is 7.23. The number of para-hydroxylation sites is 1. The number of pyridine rings is 1. The van der Waals surface area contributed by atoms with Gasteiger partial charge in [-0.3, -0.25) is 9.71 Å². The van der Waals surface area contributed by atoms with E-state index in [9.17, 15) is 17.6 Å². The number of hydrogen-bond donors (Lipinski definition) is 1. The van der Waals surface area contributed by atoms with E-state index in [0.717, 1.165) is 18.5 Å². The molecule has 2 rings (SSSR count). The highest BCUT2D eigenvalue weighted by Crippen LogP contribution is 2.20. The number of aromatic nitrogens is 1. The third kappa shape index (κ3) is 3.34. The summed E-state index contributed by atoms with van der Waals surface area (Å²) in [5.74, 6) is -1.47. The van der Waals surface area contributed by atoms with E-state index in [0.29, 0.717) is 0 Å². The summed E-state index contributed by atoms with van der Waals surface area (Å²) >= 11 is 0. The van der Waals surface area contributed by atoms with Crippen molar-refractivity contribution in [3.05, 3.63) is 54.1 Å². The van der Waals surface area contributed by atoms with Crippen LogP contribution in [0.15, 0.2) is 47.6 Å². The highest BCUT2D eigenvalue weighted by atomic mass is 32.2. The van der Waals surface area contributed by atoms with Gasteiger partial charge in [0.15, 0.2) is 0 Å². The van der Waals surface area contributed by atoms with Crippen molar-refractivity contribution in [2.45, 2.75) is 4.90 Å². The lowest BCUT2D eigenvalue weighted by atomic mass is 10.2. The summed E-state index contributed by atoms with van der Waals surface area (Å²) in [6.45, 7) is 0. The molecule has 0 aliphatic rings. The number of nitrogens with zero attached hydrogens (tertiary/aromatic N) is 1. The molecule has 0 unspecified atom stereocenters. The molecule has 0 saturated carbocycles. The van der Waals surface area contributed by atoms with Crippen molar-refractivity contribution in [1.29, 1.82) is 0 Å². The Labute approximate surface area is 120 Å². The molecule has 1 N–H and O–H groups in total. The number of ether oxygens (including phenoxy) is 1. The van der Waals surface area contributed by atoms with E-state index >= 15 is 0 Å². The number of methoxy groups -OCH3 is 1. The van der Waals surface area contributed by atoms with Gasteiger partial charge in [0.25, 0.3) is 10.0 Å². The molecule has 0 atom stereocenters.